The van der Waals surface area contributed by atoms with Gasteiger partial charge in [-0.15, -0.1) is 0 Å². The van der Waals surface area contributed by atoms with Gasteiger partial charge in [-0.1, -0.05) is 0 Å². The lowest BCUT2D eigenvalue weighted by Crippen LogP contribution is -2.46. The Balaban J connectivity index is 2.13. The van der Waals surface area contributed by atoms with Crippen LogP contribution in [0.4, 0.5) is 14.9 Å². The molecule has 5 heteroatoms. The van der Waals surface area contributed by atoms with Gasteiger partial charge < -0.3 is 10.6 Å². The molecule has 1 aliphatic heterocycles. The molecule has 1 fully saturated rings. The monoisotopic (exact) mass is 279 g/mol. The van der Waals surface area contributed by atoms with E-state index in [2.05, 4.69) is 0 Å². The first-order valence-electron chi connectivity index (χ1n) is 7.24. The number of nitrogens with two attached hydrogens (primary N) is 1. The van der Waals surface area contributed by atoms with Gasteiger partial charge in [0.2, 0.25) is 0 Å². The van der Waals surface area contributed by atoms with Crippen LogP contribution in [0.2, 0.25) is 0 Å². The second kappa shape index (κ2) is 7.24. The number of carbonyl (C=O) groups excluding carboxylic acids is 1. The van der Waals surface area contributed by atoms with Crippen molar-refractivity contribution in [2.24, 2.45) is 5.73 Å². The third-order valence-electron chi connectivity index (χ3n) is 3.58. The van der Waals surface area contributed by atoms with Gasteiger partial charge in [-0.3, -0.25) is 4.90 Å². The highest BCUT2D eigenvalue weighted by atomic mass is 19.1. The molecule has 0 aliphatic carbocycles. The molecule has 2 amide bonds. The first-order valence-corrected chi connectivity index (χ1v) is 7.24. The summed E-state index contributed by atoms with van der Waals surface area (Å²) in [7, 11) is 0. The second-order valence-corrected chi connectivity index (χ2v) is 5.10. The number of urea groups is 1. The normalized spacial score (nSPS) is 15.2. The van der Waals surface area contributed by atoms with Crippen molar-refractivity contribution >= 4 is 11.7 Å². The molecule has 110 valence electrons. The van der Waals surface area contributed by atoms with E-state index in [-0.39, 0.29) is 11.8 Å². The minimum Gasteiger partial charge on any atom is -0.330 e. The lowest BCUT2D eigenvalue weighted by Gasteiger charge is -2.33. The SMILES string of the molecule is NCCCN(C(=O)N1CCCCC1)c1ccc(F)cc1. The highest BCUT2D eigenvalue weighted by Gasteiger charge is 2.23. The van der Waals surface area contributed by atoms with Crippen LogP contribution in [0.5, 0.6) is 0 Å². The van der Waals surface area contributed by atoms with Crippen LogP contribution in [0.3, 0.4) is 0 Å². The van der Waals surface area contributed by atoms with E-state index in [1.54, 1.807) is 17.0 Å². The number of hydrogen-bond acceptors (Lipinski definition) is 2. The Morgan fingerprint density at radius 3 is 2.45 bits per heavy atom. The molecule has 0 radical (unpaired) electrons. The number of nitrogens with zero attached hydrogens (tertiary/aromatic N) is 2. The standard InChI is InChI=1S/C15H22FN3O/c16-13-5-7-14(8-6-13)19(12-4-9-17)15(20)18-10-2-1-3-11-18/h5-8H,1-4,9-12,17H2. The maximum Gasteiger partial charge on any atom is 0.324 e. The lowest BCUT2D eigenvalue weighted by atomic mass is 10.1. The van der Waals surface area contributed by atoms with Gasteiger partial charge in [-0.2, -0.15) is 0 Å². The maximum atomic E-state index is 13.0. The predicted octanol–water partition coefficient (Wildman–Crippen LogP) is 2.59. The average Bonchev–Trinajstić information content (AvgIpc) is 2.50. The molecule has 0 atom stereocenters. The number of halogens is 1. The minimum atomic E-state index is -0.294. The van der Waals surface area contributed by atoms with Gasteiger partial charge in [0.15, 0.2) is 0 Å². The van der Waals surface area contributed by atoms with E-state index in [1.165, 1.54) is 18.6 Å². The van der Waals surface area contributed by atoms with Crippen molar-refractivity contribution in [2.75, 3.05) is 31.1 Å². The van der Waals surface area contributed by atoms with Gasteiger partial charge in [0, 0.05) is 25.3 Å². The van der Waals surface area contributed by atoms with Gasteiger partial charge in [-0.05, 0) is 56.5 Å². The molecule has 0 spiro atoms. The van der Waals surface area contributed by atoms with Crippen molar-refractivity contribution in [1.82, 2.24) is 4.90 Å². The zero-order valence-corrected chi connectivity index (χ0v) is 11.7. The summed E-state index contributed by atoms with van der Waals surface area (Å²) >= 11 is 0. The van der Waals surface area contributed by atoms with Crippen LogP contribution in [-0.2, 0) is 0 Å². The number of rotatable bonds is 4. The van der Waals surface area contributed by atoms with E-state index in [9.17, 15) is 9.18 Å². The molecule has 0 saturated carbocycles. The van der Waals surface area contributed by atoms with Crippen molar-refractivity contribution in [3.63, 3.8) is 0 Å². The van der Waals surface area contributed by atoms with Crippen LogP contribution < -0.4 is 10.6 Å². The molecule has 1 heterocycles. The maximum absolute atomic E-state index is 13.0. The fourth-order valence-electron chi connectivity index (χ4n) is 2.46. The average molecular weight is 279 g/mol. The molecular weight excluding hydrogens is 257 g/mol. The van der Waals surface area contributed by atoms with Gasteiger partial charge >= 0.3 is 6.03 Å². The van der Waals surface area contributed by atoms with E-state index in [1.807, 2.05) is 4.90 Å². The molecule has 2 rings (SSSR count). The molecule has 2 N–H and O–H groups in total. The van der Waals surface area contributed by atoms with Crippen molar-refractivity contribution in [2.45, 2.75) is 25.7 Å². The fraction of sp³-hybridized carbons (Fsp3) is 0.533. The third-order valence-corrected chi connectivity index (χ3v) is 3.58. The predicted molar refractivity (Wildman–Crippen MR) is 78.2 cm³/mol. The summed E-state index contributed by atoms with van der Waals surface area (Å²) in [6, 6.07) is 6.06. The molecule has 1 aromatic carbocycles. The number of hydrogen-bond donors (Lipinski definition) is 1. The lowest BCUT2D eigenvalue weighted by molar-refractivity contribution is 0.193. The summed E-state index contributed by atoms with van der Waals surface area (Å²) in [5, 5.41) is 0. The molecule has 1 saturated heterocycles. The van der Waals surface area contributed by atoms with Gasteiger partial charge in [0.1, 0.15) is 5.82 Å². The van der Waals surface area contributed by atoms with Crippen molar-refractivity contribution in [3.05, 3.63) is 30.1 Å². The summed E-state index contributed by atoms with van der Waals surface area (Å²) in [4.78, 5) is 16.2. The Morgan fingerprint density at radius 1 is 1.20 bits per heavy atom. The number of piperidine rings is 1. The zero-order valence-electron chi connectivity index (χ0n) is 11.7. The first-order chi connectivity index (χ1) is 9.72. The smallest absolute Gasteiger partial charge is 0.324 e. The molecular formula is C15H22FN3O. The van der Waals surface area contributed by atoms with Gasteiger partial charge in [0.25, 0.3) is 0 Å². The fourth-order valence-corrected chi connectivity index (χ4v) is 2.46. The van der Waals surface area contributed by atoms with Crippen molar-refractivity contribution < 1.29 is 9.18 Å². The Kier molecular flexibility index (Phi) is 5.35. The Morgan fingerprint density at radius 2 is 1.85 bits per heavy atom. The van der Waals surface area contributed by atoms with Crippen molar-refractivity contribution in [1.29, 1.82) is 0 Å². The quantitative estimate of drug-likeness (QED) is 0.921. The number of benzene rings is 1. The minimum absolute atomic E-state index is 0.00441. The largest absolute Gasteiger partial charge is 0.330 e. The summed E-state index contributed by atoms with van der Waals surface area (Å²) in [6.07, 6.45) is 4.03. The Hall–Kier alpha value is -1.62. The van der Waals surface area contributed by atoms with Gasteiger partial charge in [-0.25, -0.2) is 9.18 Å². The number of likely N-dealkylation sites (tertiary alicyclic amines) is 1. The summed E-state index contributed by atoms with van der Waals surface area (Å²) in [5.74, 6) is -0.294. The van der Waals surface area contributed by atoms with Crippen LogP contribution in [0.15, 0.2) is 24.3 Å². The Bertz CT molecular complexity index is 429. The van der Waals surface area contributed by atoms with Crippen LogP contribution in [0.25, 0.3) is 0 Å². The van der Waals surface area contributed by atoms with E-state index in [0.29, 0.717) is 13.1 Å². The molecule has 1 aromatic rings. The van der Waals surface area contributed by atoms with Crippen LogP contribution >= 0.6 is 0 Å². The molecule has 0 unspecified atom stereocenters. The van der Waals surface area contributed by atoms with Crippen LogP contribution in [0.1, 0.15) is 25.7 Å². The first kappa shape index (κ1) is 14.8. The molecule has 20 heavy (non-hydrogen) atoms. The molecule has 0 bridgehead atoms. The number of amides is 2. The summed E-state index contributed by atoms with van der Waals surface area (Å²) in [5.41, 5.74) is 6.28. The van der Waals surface area contributed by atoms with E-state index in [4.69, 9.17) is 5.73 Å². The third kappa shape index (κ3) is 3.70. The second-order valence-electron chi connectivity index (χ2n) is 5.10. The molecule has 4 nitrogen and oxygen atoms in total. The Labute approximate surface area is 119 Å². The zero-order chi connectivity index (χ0) is 14.4. The highest BCUT2D eigenvalue weighted by molar-refractivity contribution is 5.92. The molecule has 0 aromatic heterocycles. The van der Waals surface area contributed by atoms with Crippen LogP contribution in [-0.4, -0.2) is 37.1 Å². The number of carbonyl (C=O) groups is 1. The molecule has 1 aliphatic rings. The van der Waals surface area contributed by atoms with E-state index >= 15 is 0 Å². The van der Waals surface area contributed by atoms with Gasteiger partial charge in [0.05, 0.1) is 0 Å². The number of anilines is 1. The highest BCUT2D eigenvalue weighted by Crippen LogP contribution is 2.19. The van der Waals surface area contributed by atoms with Crippen LogP contribution in [0, 0.1) is 5.82 Å². The van der Waals surface area contributed by atoms with E-state index < -0.39 is 0 Å². The van der Waals surface area contributed by atoms with Crippen molar-refractivity contribution in [3.8, 4) is 0 Å². The summed E-state index contributed by atoms with van der Waals surface area (Å²) in [6.45, 7) is 2.71. The topological polar surface area (TPSA) is 49.6 Å². The summed E-state index contributed by atoms with van der Waals surface area (Å²) < 4.78 is 13.0. The van der Waals surface area contributed by atoms with E-state index in [0.717, 1.165) is 38.0 Å².